The van der Waals surface area contributed by atoms with E-state index in [0.717, 1.165) is 56.1 Å². The van der Waals surface area contributed by atoms with Crippen LogP contribution in [0.2, 0.25) is 0 Å². The summed E-state index contributed by atoms with van der Waals surface area (Å²) >= 11 is 0. The molecule has 0 N–H and O–H groups in total. The number of carbonyl (C=O) groups excluding carboxylic acids is 1. The minimum absolute atomic E-state index is 0.0832. The van der Waals surface area contributed by atoms with E-state index in [2.05, 4.69) is 25.9 Å². The number of piperidine rings is 2. The van der Waals surface area contributed by atoms with Gasteiger partial charge >= 0.3 is 0 Å². The topological polar surface area (TPSA) is 86.0 Å². The molecule has 0 aliphatic carbocycles. The van der Waals surface area contributed by atoms with Gasteiger partial charge in [0.25, 0.3) is 0 Å². The molecule has 4 rings (SSSR count). The highest BCUT2D eigenvalue weighted by Gasteiger charge is 2.42. The fourth-order valence-electron chi connectivity index (χ4n) is 4.32. The van der Waals surface area contributed by atoms with Crippen LogP contribution in [0, 0.1) is 23.7 Å². The Labute approximate surface area is 165 Å². The Morgan fingerprint density at radius 2 is 2.04 bits per heavy atom. The second kappa shape index (κ2) is 7.55. The molecule has 0 radical (unpaired) electrons. The van der Waals surface area contributed by atoms with Crippen molar-refractivity contribution in [2.75, 3.05) is 24.5 Å². The highest BCUT2D eigenvalue weighted by molar-refractivity contribution is 5.77. The summed E-state index contributed by atoms with van der Waals surface area (Å²) in [6.45, 7) is 5.01. The number of anilines is 1. The molecule has 2 fully saturated rings. The molecule has 4 heterocycles. The summed E-state index contributed by atoms with van der Waals surface area (Å²) in [4.78, 5) is 30.0. The van der Waals surface area contributed by atoms with Crippen LogP contribution in [0.1, 0.15) is 42.6 Å². The van der Waals surface area contributed by atoms with Gasteiger partial charge in [0.15, 0.2) is 0 Å². The van der Waals surface area contributed by atoms with E-state index in [9.17, 15) is 4.79 Å². The molecule has 1 spiro atoms. The summed E-state index contributed by atoms with van der Waals surface area (Å²) in [7, 11) is 0. The highest BCUT2D eigenvalue weighted by Crippen LogP contribution is 2.40. The Morgan fingerprint density at radius 1 is 1.14 bits per heavy atom. The zero-order valence-corrected chi connectivity index (χ0v) is 16.1. The first-order valence-corrected chi connectivity index (χ1v) is 9.73. The van der Waals surface area contributed by atoms with Gasteiger partial charge in [0, 0.05) is 43.9 Å². The summed E-state index contributed by atoms with van der Waals surface area (Å²) in [5.74, 6) is 1.10. The van der Waals surface area contributed by atoms with Crippen LogP contribution < -0.4 is 4.90 Å². The van der Waals surface area contributed by atoms with E-state index in [1.165, 1.54) is 0 Å². The lowest BCUT2D eigenvalue weighted by Crippen LogP contribution is -2.54. The van der Waals surface area contributed by atoms with Crippen molar-refractivity contribution in [2.24, 2.45) is 5.41 Å². The SMILES string of the molecule is Cc1cnc(CN2C[C@]3(CCCN(c4ccc(C#N)cn4)C3)CCC2=O)cn1. The van der Waals surface area contributed by atoms with Crippen molar-refractivity contribution in [2.45, 2.75) is 39.2 Å². The molecule has 2 aromatic heterocycles. The Morgan fingerprint density at radius 3 is 2.75 bits per heavy atom. The Balaban J connectivity index is 1.49. The predicted molar refractivity (Wildman–Crippen MR) is 104 cm³/mol. The third-order valence-corrected chi connectivity index (χ3v) is 5.80. The molecule has 7 heteroatoms. The van der Waals surface area contributed by atoms with Gasteiger partial charge in [-0.05, 0) is 38.3 Å². The number of amides is 1. The molecule has 0 saturated carbocycles. The van der Waals surface area contributed by atoms with Crippen LogP contribution in [0.4, 0.5) is 5.82 Å². The van der Waals surface area contributed by atoms with E-state index in [1.54, 1.807) is 18.6 Å². The number of hydrogen-bond donors (Lipinski definition) is 0. The zero-order chi connectivity index (χ0) is 19.6. The molecular weight excluding hydrogens is 352 g/mol. The van der Waals surface area contributed by atoms with E-state index in [0.29, 0.717) is 18.5 Å². The normalized spacial score (nSPS) is 22.4. The van der Waals surface area contributed by atoms with Gasteiger partial charge in [-0.2, -0.15) is 5.26 Å². The summed E-state index contributed by atoms with van der Waals surface area (Å²) in [5, 5.41) is 8.98. The van der Waals surface area contributed by atoms with Gasteiger partial charge in [0.2, 0.25) is 5.91 Å². The number of rotatable bonds is 3. The second-order valence-corrected chi connectivity index (χ2v) is 7.94. The maximum absolute atomic E-state index is 12.5. The molecule has 144 valence electrons. The van der Waals surface area contributed by atoms with Crippen LogP contribution in [0.3, 0.4) is 0 Å². The number of carbonyl (C=O) groups is 1. The fourth-order valence-corrected chi connectivity index (χ4v) is 4.32. The average molecular weight is 376 g/mol. The van der Waals surface area contributed by atoms with E-state index in [1.807, 2.05) is 24.0 Å². The van der Waals surface area contributed by atoms with Crippen LogP contribution in [0.15, 0.2) is 30.7 Å². The average Bonchev–Trinajstić information content (AvgIpc) is 2.73. The molecule has 0 bridgehead atoms. The van der Waals surface area contributed by atoms with E-state index in [4.69, 9.17) is 5.26 Å². The molecule has 2 aromatic rings. The quantitative estimate of drug-likeness (QED) is 0.818. The summed E-state index contributed by atoms with van der Waals surface area (Å²) in [5.41, 5.74) is 2.37. The Bertz CT molecular complexity index is 889. The lowest BCUT2D eigenvalue weighted by molar-refractivity contribution is -0.138. The van der Waals surface area contributed by atoms with Crippen molar-refractivity contribution in [3.63, 3.8) is 0 Å². The fraction of sp³-hybridized carbons (Fsp3) is 0.476. The van der Waals surface area contributed by atoms with Crippen LogP contribution in [0.5, 0.6) is 0 Å². The lowest BCUT2D eigenvalue weighted by atomic mass is 9.73. The molecule has 28 heavy (non-hydrogen) atoms. The number of nitriles is 1. The van der Waals surface area contributed by atoms with Gasteiger partial charge in [-0.25, -0.2) is 4.98 Å². The van der Waals surface area contributed by atoms with Gasteiger partial charge in [-0.3, -0.25) is 14.8 Å². The van der Waals surface area contributed by atoms with Crippen molar-refractivity contribution < 1.29 is 4.79 Å². The van der Waals surface area contributed by atoms with E-state index in [-0.39, 0.29) is 11.3 Å². The molecule has 1 amide bonds. The molecule has 2 saturated heterocycles. The van der Waals surface area contributed by atoms with E-state index >= 15 is 0 Å². The van der Waals surface area contributed by atoms with Crippen LogP contribution >= 0.6 is 0 Å². The molecular formula is C21H24N6O. The van der Waals surface area contributed by atoms with Gasteiger partial charge < -0.3 is 9.80 Å². The molecule has 0 unspecified atom stereocenters. The second-order valence-electron chi connectivity index (χ2n) is 7.94. The zero-order valence-electron chi connectivity index (χ0n) is 16.1. The third-order valence-electron chi connectivity index (χ3n) is 5.80. The molecule has 1 atom stereocenters. The smallest absolute Gasteiger partial charge is 0.222 e. The number of hydrogen-bond acceptors (Lipinski definition) is 6. The van der Waals surface area contributed by atoms with Crippen molar-refractivity contribution >= 4 is 11.7 Å². The number of nitrogens with zero attached hydrogens (tertiary/aromatic N) is 6. The third kappa shape index (κ3) is 3.81. The minimum atomic E-state index is 0.0832. The molecule has 0 aromatic carbocycles. The molecule has 2 aliphatic heterocycles. The first kappa shape index (κ1) is 18.4. The van der Waals surface area contributed by atoms with Gasteiger partial charge in [-0.15, -0.1) is 0 Å². The maximum atomic E-state index is 12.5. The van der Waals surface area contributed by atoms with Crippen molar-refractivity contribution in [3.8, 4) is 6.07 Å². The lowest BCUT2D eigenvalue weighted by Gasteiger charge is -2.48. The Hall–Kier alpha value is -3.01. The Kier molecular flexibility index (Phi) is 4.95. The van der Waals surface area contributed by atoms with Crippen LogP contribution in [0.25, 0.3) is 0 Å². The van der Waals surface area contributed by atoms with Crippen molar-refractivity contribution in [1.82, 2.24) is 19.9 Å². The first-order valence-electron chi connectivity index (χ1n) is 9.73. The summed E-state index contributed by atoms with van der Waals surface area (Å²) < 4.78 is 0. The molecule has 7 nitrogen and oxygen atoms in total. The summed E-state index contributed by atoms with van der Waals surface area (Å²) in [6.07, 6.45) is 8.82. The van der Waals surface area contributed by atoms with Crippen LogP contribution in [-0.4, -0.2) is 45.4 Å². The largest absolute Gasteiger partial charge is 0.356 e. The van der Waals surface area contributed by atoms with E-state index < -0.39 is 0 Å². The number of pyridine rings is 1. The van der Waals surface area contributed by atoms with Crippen molar-refractivity contribution in [3.05, 3.63) is 47.7 Å². The van der Waals surface area contributed by atoms with Gasteiger partial charge in [0.1, 0.15) is 11.9 Å². The highest BCUT2D eigenvalue weighted by atomic mass is 16.2. The summed E-state index contributed by atoms with van der Waals surface area (Å²) in [6, 6.07) is 5.85. The number of likely N-dealkylation sites (tertiary alicyclic amines) is 1. The van der Waals surface area contributed by atoms with Crippen LogP contribution in [-0.2, 0) is 11.3 Å². The predicted octanol–water partition coefficient (Wildman–Crippen LogP) is 2.46. The maximum Gasteiger partial charge on any atom is 0.222 e. The monoisotopic (exact) mass is 376 g/mol. The molecule has 2 aliphatic rings. The van der Waals surface area contributed by atoms with Gasteiger partial charge in [0.05, 0.1) is 29.7 Å². The number of aromatic nitrogens is 3. The van der Waals surface area contributed by atoms with Gasteiger partial charge in [-0.1, -0.05) is 0 Å². The minimum Gasteiger partial charge on any atom is -0.356 e. The van der Waals surface area contributed by atoms with Crippen molar-refractivity contribution in [1.29, 1.82) is 5.26 Å². The first-order chi connectivity index (χ1) is 13.6. The standard InChI is InChI=1S/C21H24N6O/c1-16-10-24-18(12-23-16)13-27-15-21(7-5-20(27)28)6-2-8-26(14-21)19-4-3-17(9-22)11-25-19/h3-4,10-12H,2,5-8,13-15H2,1H3/t21-/m1/s1. The number of aryl methyl sites for hydroxylation is 1.